The number of carbonyl (C=O) groups excluding carboxylic acids is 1. The molecule has 2 aromatic heterocycles. The average molecular weight is 475 g/mol. The minimum atomic E-state index is 0.0701. The highest BCUT2D eigenvalue weighted by Crippen LogP contribution is 2.33. The number of ether oxygens (including phenoxy) is 1. The van der Waals surface area contributed by atoms with Crippen LogP contribution < -0.4 is 0 Å². The van der Waals surface area contributed by atoms with Crippen LogP contribution >= 0.6 is 0 Å². The number of hydrogen-bond donors (Lipinski definition) is 0. The van der Waals surface area contributed by atoms with Gasteiger partial charge in [0.05, 0.1) is 6.20 Å². The van der Waals surface area contributed by atoms with Crippen molar-refractivity contribution in [3.63, 3.8) is 0 Å². The monoisotopic (exact) mass is 474 g/mol. The topological polar surface area (TPSA) is 52.3 Å². The third-order valence-electron chi connectivity index (χ3n) is 8.51. The highest BCUT2D eigenvalue weighted by atomic mass is 16.5. The molecule has 3 atom stereocenters. The van der Waals surface area contributed by atoms with E-state index >= 15 is 0 Å². The van der Waals surface area contributed by atoms with Crippen LogP contribution in [-0.4, -0.2) is 44.3 Å². The number of fused-ring (bicyclic) bond motifs is 1. The predicted molar refractivity (Wildman–Crippen MR) is 138 cm³/mol. The molecule has 186 valence electrons. The SMILES string of the molecule is CC1CC(Cn2ccc3cc(-c4cnn(C5CCCCO5)c4)ccc32)CN1C(=O)C1CCCCC1. The molecule has 1 aliphatic carbocycles. The first-order chi connectivity index (χ1) is 17.2. The molecular weight excluding hydrogens is 436 g/mol. The van der Waals surface area contributed by atoms with E-state index in [4.69, 9.17) is 4.74 Å². The normalized spacial score (nSPS) is 26.0. The maximum atomic E-state index is 13.2. The zero-order valence-electron chi connectivity index (χ0n) is 20.9. The van der Waals surface area contributed by atoms with Crippen LogP contribution in [0.1, 0.15) is 70.9 Å². The highest BCUT2D eigenvalue weighted by molar-refractivity contribution is 5.85. The van der Waals surface area contributed by atoms with E-state index in [1.165, 1.54) is 42.1 Å². The summed E-state index contributed by atoms with van der Waals surface area (Å²) in [5, 5.41) is 5.84. The minimum Gasteiger partial charge on any atom is -0.357 e. The summed E-state index contributed by atoms with van der Waals surface area (Å²) in [7, 11) is 0. The minimum absolute atomic E-state index is 0.0701. The van der Waals surface area contributed by atoms with E-state index in [2.05, 4.69) is 58.1 Å². The predicted octanol–water partition coefficient (Wildman–Crippen LogP) is 6.02. The van der Waals surface area contributed by atoms with Gasteiger partial charge in [-0.05, 0) is 75.1 Å². The van der Waals surface area contributed by atoms with Crippen molar-refractivity contribution in [2.24, 2.45) is 11.8 Å². The van der Waals surface area contributed by atoms with Crippen LogP contribution in [0.5, 0.6) is 0 Å². The molecule has 3 aromatic rings. The van der Waals surface area contributed by atoms with E-state index in [1.54, 1.807) is 0 Å². The summed E-state index contributed by atoms with van der Waals surface area (Å²) in [6.45, 7) is 4.93. The van der Waals surface area contributed by atoms with Gasteiger partial charge in [0.1, 0.15) is 6.23 Å². The Morgan fingerprint density at radius 1 is 1.06 bits per heavy atom. The number of aromatic nitrogens is 3. The fourth-order valence-corrected chi connectivity index (χ4v) is 6.56. The maximum Gasteiger partial charge on any atom is 0.225 e. The molecule has 0 spiro atoms. The molecule has 1 amide bonds. The van der Waals surface area contributed by atoms with E-state index in [1.807, 2.05) is 10.9 Å². The van der Waals surface area contributed by atoms with Crippen molar-refractivity contribution >= 4 is 16.8 Å². The van der Waals surface area contributed by atoms with Crippen LogP contribution in [0.4, 0.5) is 0 Å². The number of nitrogens with zero attached hydrogens (tertiary/aromatic N) is 4. The third kappa shape index (κ3) is 4.65. The lowest BCUT2D eigenvalue weighted by Crippen LogP contribution is -2.39. The van der Waals surface area contributed by atoms with Gasteiger partial charge in [-0.1, -0.05) is 25.3 Å². The molecule has 3 unspecified atom stereocenters. The van der Waals surface area contributed by atoms with Gasteiger partial charge in [-0.15, -0.1) is 0 Å². The zero-order chi connectivity index (χ0) is 23.8. The van der Waals surface area contributed by atoms with Crippen LogP contribution in [0.2, 0.25) is 0 Å². The van der Waals surface area contributed by atoms with Crippen molar-refractivity contribution in [1.82, 2.24) is 19.2 Å². The molecule has 2 aliphatic heterocycles. The van der Waals surface area contributed by atoms with E-state index in [0.29, 0.717) is 17.9 Å². The first-order valence-electron chi connectivity index (χ1n) is 13.7. The standard InChI is InChI=1S/C29H38N4O2/c1-21-15-22(19-32(21)29(34)23-7-3-2-4-8-23)18-31-13-12-25-16-24(10-11-27(25)31)26-17-30-33(20-26)28-9-5-6-14-35-28/h10-13,16-17,20-23,28H,2-9,14-15,18-19H2,1H3. The summed E-state index contributed by atoms with van der Waals surface area (Å²) in [6, 6.07) is 9.29. The highest BCUT2D eigenvalue weighted by Gasteiger charge is 2.36. The third-order valence-corrected chi connectivity index (χ3v) is 8.51. The summed E-state index contributed by atoms with van der Waals surface area (Å²) in [6.07, 6.45) is 16.7. The fourth-order valence-electron chi connectivity index (χ4n) is 6.56. The van der Waals surface area contributed by atoms with E-state index < -0.39 is 0 Å². The van der Waals surface area contributed by atoms with Crippen LogP contribution in [0.3, 0.4) is 0 Å². The molecule has 1 aromatic carbocycles. The lowest BCUT2D eigenvalue weighted by molar-refractivity contribution is -0.137. The molecular formula is C29H38N4O2. The lowest BCUT2D eigenvalue weighted by Gasteiger charge is -2.29. The van der Waals surface area contributed by atoms with Gasteiger partial charge in [-0.3, -0.25) is 4.79 Å². The van der Waals surface area contributed by atoms with Gasteiger partial charge in [0.2, 0.25) is 5.91 Å². The fraction of sp³-hybridized carbons (Fsp3) is 0.586. The van der Waals surface area contributed by atoms with Gasteiger partial charge < -0.3 is 14.2 Å². The van der Waals surface area contributed by atoms with Gasteiger partial charge in [0, 0.05) is 60.5 Å². The summed E-state index contributed by atoms with van der Waals surface area (Å²) < 4.78 is 10.2. The molecule has 35 heavy (non-hydrogen) atoms. The Bertz CT molecular complexity index is 1170. The second-order valence-corrected chi connectivity index (χ2v) is 11.0. The average Bonchev–Trinajstić information content (AvgIpc) is 3.64. The van der Waals surface area contributed by atoms with Crippen molar-refractivity contribution in [2.45, 2.75) is 83.5 Å². The largest absolute Gasteiger partial charge is 0.357 e. The van der Waals surface area contributed by atoms with Gasteiger partial charge in [-0.25, -0.2) is 4.68 Å². The van der Waals surface area contributed by atoms with Crippen LogP contribution in [0.25, 0.3) is 22.0 Å². The van der Waals surface area contributed by atoms with Crippen LogP contribution in [0, 0.1) is 11.8 Å². The second kappa shape index (κ2) is 9.81. The molecule has 3 aliphatic rings. The zero-order valence-corrected chi connectivity index (χ0v) is 20.9. The van der Waals surface area contributed by atoms with Gasteiger partial charge in [0.15, 0.2) is 0 Å². The Morgan fingerprint density at radius 3 is 2.74 bits per heavy atom. The Kier molecular flexibility index (Phi) is 6.40. The molecule has 4 heterocycles. The molecule has 6 nitrogen and oxygen atoms in total. The molecule has 0 bridgehead atoms. The molecule has 0 N–H and O–H groups in total. The van der Waals surface area contributed by atoms with Crippen molar-refractivity contribution < 1.29 is 9.53 Å². The van der Waals surface area contributed by atoms with Crippen LogP contribution in [-0.2, 0) is 16.1 Å². The number of carbonyl (C=O) groups is 1. The van der Waals surface area contributed by atoms with E-state index in [-0.39, 0.29) is 12.1 Å². The van der Waals surface area contributed by atoms with Gasteiger partial charge >= 0.3 is 0 Å². The van der Waals surface area contributed by atoms with E-state index in [9.17, 15) is 4.79 Å². The summed E-state index contributed by atoms with van der Waals surface area (Å²) in [4.78, 5) is 15.3. The summed E-state index contributed by atoms with van der Waals surface area (Å²) in [5.74, 6) is 1.20. The molecule has 1 saturated carbocycles. The number of rotatable bonds is 5. The van der Waals surface area contributed by atoms with Crippen molar-refractivity contribution in [1.29, 1.82) is 0 Å². The Labute approximate surface area is 208 Å². The Hall–Kier alpha value is -2.60. The molecule has 0 radical (unpaired) electrons. The van der Waals surface area contributed by atoms with Crippen molar-refractivity contribution in [3.8, 4) is 11.1 Å². The van der Waals surface area contributed by atoms with Gasteiger partial charge in [-0.2, -0.15) is 5.10 Å². The van der Waals surface area contributed by atoms with Crippen molar-refractivity contribution in [3.05, 3.63) is 42.9 Å². The first kappa shape index (κ1) is 22.8. The summed E-state index contributed by atoms with van der Waals surface area (Å²) in [5.41, 5.74) is 3.59. The van der Waals surface area contributed by atoms with E-state index in [0.717, 1.165) is 57.4 Å². The molecule has 3 fully saturated rings. The van der Waals surface area contributed by atoms with Gasteiger partial charge in [0.25, 0.3) is 0 Å². The maximum absolute atomic E-state index is 13.2. The number of amides is 1. The molecule has 2 saturated heterocycles. The quantitative estimate of drug-likeness (QED) is 0.454. The molecule has 6 rings (SSSR count). The Balaban J connectivity index is 1.14. The first-order valence-corrected chi connectivity index (χ1v) is 13.7. The number of hydrogen-bond acceptors (Lipinski definition) is 3. The van der Waals surface area contributed by atoms with Crippen LogP contribution in [0.15, 0.2) is 42.9 Å². The Morgan fingerprint density at radius 2 is 1.91 bits per heavy atom. The lowest BCUT2D eigenvalue weighted by atomic mass is 9.88. The number of benzene rings is 1. The summed E-state index contributed by atoms with van der Waals surface area (Å²) >= 11 is 0. The second-order valence-electron chi connectivity index (χ2n) is 11.0. The smallest absolute Gasteiger partial charge is 0.225 e. The number of likely N-dealkylation sites (tertiary alicyclic amines) is 1. The van der Waals surface area contributed by atoms with Crippen molar-refractivity contribution in [2.75, 3.05) is 13.2 Å². The molecule has 6 heteroatoms.